The third-order valence-corrected chi connectivity index (χ3v) is 2.60. The molecular weight excluding hydrogens is 268 g/mol. The molecular formula is C13H15ClN2O3. The van der Waals surface area contributed by atoms with Crippen LogP contribution in [0, 0.1) is 0 Å². The summed E-state index contributed by atoms with van der Waals surface area (Å²) in [6.07, 6.45) is 0.00875. The van der Waals surface area contributed by atoms with E-state index in [-0.39, 0.29) is 12.0 Å². The molecule has 1 aromatic heterocycles. The third kappa shape index (κ3) is 2.98. The van der Waals surface area contributed by atoms with Crippen LogP contribution in [0.3, 0.4) is 0 Å². The molecule has 0 N–H and O–H groups in total. The Morgan fingerprint density at radius 1 is 1.37 bits per heavy atom. The molecule has 0 aliphatic heterocycles. The number of para-hydroxylation sites is 1. The highest BCUT2D eigenvalue weighted by molar-refractivity contribution is 6.16. The van der Waals surface area contributed by atoms with Gasteiger partial charge in [0, 0.05) is 0 Å². The third-order valence-electron chi connectivity index (χ3n) is 2.38. The molecule has 0 aliphatic carbocycles. The summed E-state index contributed by atoms with van der Waals surface area (Å²) in [5.41, 5.74) is 0.716. The highest BCUT2D eigenvalue weighted by Gasteiger charge is 2.18. The minimum absolute atomic E-state index is 0.00875. The SMILES string of the molecule is COc1cccc(-c2noc(CCl)n2)c1OC(C)C. The average Bonchev–Trinajstić information content (AvgIpc) is 2.87. The van der Waals surface area contributed by atoms with Crippen molar-refractivity contribution < 1.29 is 14.0 Å². The van der Waals surface area contributed by atoms with E-state index < -0.39 is 0 Å². The highest BCUT2D eigenvalue weighted by Crippen LogP contribution is 2.37. The first-order chi connectivity index (χ1) is 9.15. The lowest BCUT2D eigenvalue weighted by atomic mass is 10.1. The van der Waals surface area contributed by atoms with Crippen molar-refractivity contribution in [1.29, 1.82) is 0 Å². The van der Waals surface area contributed by atoms with Crippen LogP contribution in [0.15, 0.2) is 22.7 Å². The first-order valence-electron chi connectivity index (χ1n) is 5.88. The Morgan fingerprint density at radius 3 is 2.74 bits per heavy atom. The quantitative estimate of drug-likeness (QED) is 0.788. The van der Waals surface area contributed by atoms with Crippen molar-refractivity contribution in [1.82, 2.24) is 10.1 Å². The Balaban J connectivity index is 2.48. The van der Waals surface area contributed by atoms with E-state index in [0.29, 0.717) is 28.8 Å². The zero-order chi connectivity index (χ0) is 13.8. The number of halogens is 1. The number of nitrogens with zero attached hydrogens (tertiary/aromatic N) is 2. The van der Waals surface area contributed by atoms with Gasteiger partial charge in [-0.25, -0.2) is 0 Å². The van der Waals surface area contributed by atoms with E-state index in [1.807, 2.05) is 32.0 Å². The van der Waals surface area contributed by atoms with Crippen LogP contribution in [0.25, 0.3) is 11.4 Å². The van der Waals surface area contributed by atoms with Crippen molar-refractivity contribution in [3.63, 3.8) is 0 Å². The predicted octanol–water partition coefficient (Wildman–Crippen LogP) is 3.27. The second-order valence-electron chi connectivity index (χ2n) is 4.15. The Hall–Kier alpha value is -1.75. The van der Waals surface area contributed by atoms with Gasteiger partial charge in [-0.05, 0) is 26.0 Å². The maximum Gasteiger partial charge on any atom is 0.241 e. The molecule has 2 aromatic rings. The lowest BCUT2D eigenvalue weighted by molar-refractivity contribution is 0.231. The summed E-state index contributed by atoms with van der Waals surface area (Å²) in [6.45, 7) is 3.88. The van der Waals surface area contributed by atoms with Crippen LogP contribution in [-0.4, -0.2) is 23.4 Å². The minimum atomic E-state index is 0.00875. The van der Waals surface area contributed by atoms with Gasteiger partial charge >= 0.3 is 0 Å². The first kappa shape index (κ1) is 13.7. The molecule has 0 unspecified atom stereocenters. The van der Waals surface area contributed by atoms with Crippen LogP contribution < -0.4 is 9.47 Å². The Labute approximate surface area is 116 Å². The summed E-state index contributed by atoms with van der Waals surface area (Å²) in [5, 5.41) is 3.89. The Bertz CT molecular complexity index is 555. The molecule has 19 heavy (non-hydrogen) atoms. The van der Waals surface area contributed by atoms with Crippen LogP contribution in [0.1, 0.15) is 19.7 Å². The van der Waals surface area contributed by atoms with E-state index in [2.05, 4.69) is 10.1 Å². The van der Waals surface area contributed by atoms with Gasteiger partial charge in [-0.3, -0.25) is 0 Å². The predicted molar refractivity (Wildman–Crippen MR) is 71.6 cm³/mol. The van der Waals surface area contributed by atoms with Crippen LogP contribution in [0.5, 0.6) is 11.5 Å². The summed E-state index contributed by atoms with van der Waals surface area (Å²) in [7, 11) is 1.59. The van der Waals surface area contributed by atoms with Crippen molar-refractivity contribution in [2.75, 3.05) is 7.11 Å². The van der Waals surface area contributed by atoms with E-state index in [1.54, 1.807) is 7.11 Å². The summed E-state index contributed by atoms with van der Waals surface area (Å²) >= 11 is 5.66. The molecule has 0 fully saturated rings. The maximum atomic E-state index is 5.79. The van der Waals surface area contributed by atoms with Crippen LogP contribution in [0.4, 0.5) is 0 Å². The number of hydrogen-bond acceptors (Lipinski definition) is 5. The molecule has 0 spiro atoms. The zero-order valence-corrected chi connectivity index (χ0v) is 11.8. The van der Waals surface area contributed by atoms with Gasteiger partial charge in [-0.2, -0.15) is 4.98 Å². The van der Waals surface area contributed by atoms with Crippen LogP contribution in [0.2, 0.25) is 0 Å². The first-order valence-corrected chi connectivity index (χ1v) is 6.41. The van der Waals surface area contributed by atoms with E-state index in [9.17, 15) is 0 Å². The molecule has 0 bridgehead atoms. The van der Waals surface area contributed by atoms with Crippen LogP contribution in [-0.2, 0) is 5.88 Å². The molecule has 5 nitrogen and oxygen atoms in total. The van der Waals surface area contributed by atoms with Gasteiger partial charge in [-0.15, -0.1) is 11.6 Å². The number of aromatic nitrogens is 2. The molecule has 2 rings (SSSR count). The lowest BCUT2D eigenvalue weighted by Gasteiger charge is -2.15. The molecule has 0 amide bonds. The molecule has 6 heteroatoms. The number of hydrogen-bond donors (Lipinski definition) is 0. The van der Waals surface area contributed by atoms with Crippen molar-refractivity contribution in [3.05, 3.63) is 24.1 Å². The number of rotatable bonds is 5. The van der Waals surface area contributed by atoms with Gasteiger partial charge in [-0.1, -0.05) is 11.2 Å². The molecule has 0 saturated heterocycles. The second-order valence-corrected chi connectivity index (χ2v) is 4.42. The van der Waals surface area contributed by atoms with E-state index >= 15 is 0 Å². The lowest BCUT2D eigenvalue weighted by Crippen LogP contribution is -2.08. The van der Waals surface area contributed by atoms with Gasteiger partial charge in [0.1, 0.15) is 5.88 Å². The van der Waals surface area contributed by atoms with Crippen molar-refractivity contribution >= 4 is 11.6 Å². The molecule has 1 heterocycles. The Morgan fingerprint density at radius 2 is 2.16 bits per heavy atom. The van der Waals surface area contributed by atoms with Crippen molar-refractivity contribution in [2.24, 2.45) is 0 Å². The molecule has 0 atom stereocenters. The molecule has 0 aliphatic rings. The fourth-order valence-corrected chi connectivity index (χ4v) is 1.74. The van der Waals surface area contributed by atoms with Crippen LogP contribution >= 0.6 is 11.6 Å². The summed E-state index contributed by atoms with van der Waals surface area (Å²) in [4.78, 5) is 4.20. The average molecular weight is 283 g/mol. The molecule has 1 aromatic carbocycles. The molecule has 0 radical (unpaired) electrons. The number of methoxy groups -OCH3 is 1. The monoisotopic (exact) mass is 282 g/mol. The fraction of sp³-hybridized carbons (Fsp3) is 0.385. The molecule has 0 saturated carbocycles. The summed E-state index contributed by atoms with van der Waals surface area (Å²) in [5.74, 6) is 2.21. The van der Waals surface area contributed by atoms with Gasteiger partial charge in [0.05, 0.1) is 18.8 Å². The normalized spacial score (nSPS) is 10.8. The fourth-order valence-electron chi connectivity index (χ4n) is 1.63. The summed E-state index contributed by atoms with van der Waals surface area (Å²) < 4.78 is 16.1. The second kappa shape index (κ2) is 5.93. The van der Waals surface area contributed by atoms with Gasteiger partial charge < -0.3 is 14.0 Å². The van der Waals surface area contributed by atoms with E-state index in [0.717, 1.165) is 0 Å². The standard InChI is InChI=1S/C13H15ClN2O3/c1-8(2)18-12-9(5-4-6-10(12)17-3)13-15-11(7-14)19-16-13/h4-6,8H,7H2,1-3H3. The van der Waals surface area contributed by atoms with Crippen molar-refractivity contribution in [2.45, 2.75) is 25.8 Å². The van der Waals surface area contributed by atoms with E-state index in [4.69, 9.17) is 25.6 Å². The summed E-state index contributed by atoms with van der Waals surface area (Å²) in [6, 6.07) is 5.52. The number of benzene rings is 1. The highest BCUT2D eigenvalue weighted by atomic mass is 35.5. The Kier molecular flexibility index (Phi) is 4.27. The van der Waals surface area contributed by atoms with Gasteiger partial charge in [0.15, 0.2) is 11.5 Å². The zero-order valence-electron chi connectivity index (χ0n) is 11.0. The smallest absolute Gasteiger partial charge is 0.241 e. The topological polar surface area (TPSA) is 57.4 Å². The van der Waals surface area contributed by atoms with Gasteiger partial charge in [0.25, 0.3) is 0 Å². The van der Waals surface area contributed by atoms with Gasteiger partial charge in [0.2, 0.25) is 11.7 Å². The number of ether oxygens (including phenoxy) is 2. The molecule has 102 valence electrons. The van der Waals surface area contributed by atoms with Crippen molar-refractivity contribution in [3.8, 4) is 22.9 Å². The maximum absolute atomic E-state index is 5.79. The number of alkyl halides is 1. The van der Waals surface area contributed by atoms with E-state index in [1.165, 1.54) is 0 Å². The minimum Gasteiger partial charge on any atom is -0.493 e. The largest absolute Gasteiger partial charge is 0.493 e.